The van der Waals surface area contributed by atoms with Crippen LogP contribution in [0, 0.1) is 5.92 Å². The number of hydrogen-bond acceptors (Lipinski definition) is 3. The molecule has 0 saturated carbocycles. The molecule has 1 rings (SSSR count). The van der Waals surface area contributed by atoms with Gasteiger partial charge in [0.2, 0.25) is 0 Å². The van der Waals surface area contributed by atoms with E-state index in [1.807, 2.05) is 0 Å². The molecule has 0 aromatic rings. The van der Waals surface area contributed by atoms with Gasteiger partial charge < -0.3 is 15.5 Å². The van der Waals surface area contributed by atoms with E-state index in [9.17, 15) is 4.79 Å². The standard InChI is InChI=1S/C18H38N4O/c1-5-22(6-2)17(14-16(3)4)15-20-18(23)19-10-13-21-11-8-7-9-12-21/h16-17H,5-15H2,1-4H3,(H2,19,20,23). The maximum atomic E-state index is 12.0. The van der Waals surface area contributed by atoms with Crippen LogP contribution in [-0.2, 0) is 0 Å². The zero-order chi connectivity index (χ0) is 17.1. The van der Waals surface area contributed by atoms with Gasteiger partial charge >= 0.3 is 6.03 Å². The third-order valence-electron chi connectivity index (χ3n) is 4.73. The Morgan fingerprint density at radius 2 is 1.74 bits per heavy atom. The van der Waals surface area contributed by atoms with Crippen molar-refractivity contribution in [2.24, 2.45) is 5.92 Å². The summed E-state index contributed by atoms with van der Waals surface area (Å²) in [5.41, 5.74) is 0. The van der Waals surface area contributed by atoms with Gasteiger partial charge in [0.05, 0.1) is 0 Å². The van der Waals surface area contributed by atoms with Gasteiger partial charge in [-0.1, -0.05) is 34.1 Å². The molecule has 0 spiro atoms. The van der Waals surface area contributed by atoms with Crippen LogP contribution in [0.5, 0.6) is 0 Å². The third kappa shape index (κ3) is 8.56. The van der Waals surface area contributed by atoms with E-state index in [1.165, 1.54) is 32.4 Å². The van der Waals surface area contributed by atoms with Crippen LogP contribution in [-0.4, -0.2) is 67.7 Å². The second-order valence-corrected chi connectivity index (χ2v) is 7.04. The van der Waals surface area contributed by atoms with Crippen molar-refractivity contribution < 1.29 is 4.79 Å². The molecule has 0 bridgehead atoms. The highest BCUT2D eigenvalue weighted by atomic mass is 16.2. The number of carbonyl (C=O) groups is 1. The third-order valence-corrected chi connectivity index (χ3v) is 4.73. The second kappa shape index (κ2) is 11.7. The van der Waals surface area contributed by atoms with Crippen LogP contribution in [0.2, 0.25) is 0 Å². The molecule has 0 aromatic carbocycles. The van der Waals surface area contributed by atoms with Gasteiger partial charge in [0.1, 0.15) is 0 Å². The average molecular weight is 327 g/mol. The average Bonchev–Trinajstić information content (AvgIpc) is 2.54. The van der Waals surface area contributed by atoms with Gasteiger partial charge in [0.15, 0.2) is 0 Å². The number of likely N-dealkylation sites (tertiary alicyclic amines) is 1. The van der Waals surface area contributed by atoms with Crippen LogP contribution >= 0.6 is 0 Å². The van der Waals surface area contributed by atoms with Gasteiger partial charge in [-0.25, -0.2) is 4.79 Å². The highest BCUT2D eigenvalue weighted by molar-refractivity contribution is 5.73. The zero-order valence-electron chi connectivity index (χ0n) is 15.7. The van der Waals surface area contributed by atoms with Gasteiger partial charge in [0, 0.05) is 25.7 Å². The molecule has 1 aliphatic rings. The number of carbonyl (C=O) groups excluding carboxylic acids is 1. The maximum Gasteiger partial charge on any atom is 0.314 e. The van der Waals surface area contributed by atoms with Crippen LogP contribution in [0.25, 0.3) is 0 Å². The quantitative estimate of drug-likeness (QED) is 0.648. The Balaban J connectivity index is 2.24. The van der Waals surface area contributed by atoms with E-state index in [0.29, 0.717) is 12.0 Å². The lowest BCUT2D eigenvalue weighted by molar-refractivity contribution is 0.183. The first kappa shape index (κ1) is 20.2. The molecule has 1 atom stereocenters. The van der Waals surface area contributed by atoms with E-state index in [2.05, 4.69) is 48.1 Å². The molecule has 1 heterocycles. The Morgan fingerprint density at radius 1 is 1.09 bits per heavy atom. The largest absolute Gasteiger partial charge is 0.337 e. The molecule has 23 heavy (non-hydrogen) atoms. The lowest BCUT2D eigenvalue weighted by Gasteiger charge is -2.31. The number of likely N-dealkylation sites (N-methyl/N-ethyl adjacent to an activating group) is 1. The van der Waals surface area contributed by atoms with Crippen molar-refractivity contribution in [3.8, 4) is 0 Å². The van der Waals surface area contributed by atoms with Crippen LogP contribution in [0.1, 0.15) is 53.4 Å². The molecule has 1 fully saturated rings. The van der Waals surface area contributed by atoms with Crippen molar-refractivity contribution in [3.63, 3.8) is 0 Å². The van der Waals surface area contributed by atoms with Crippen molar-refractivity contribution in [2.45, 2.75) is 59.4 Å². The molecular formula is C18H38N4O. The number of hydrogen-bond donors (Lipinski definition) is 2. The number of nitrogens with one attached hydrogen (secondary N) is 2. The van der Waals surface area contributed by atoms with Gasteiger partial charge in [-0.05, 0) is 51.4 Å². The fourth-order valence-corrected chi connectivity index (χ4v) is 3.43. The van der Waals surface area contributed by atoms with E-state index >= 15 is 0 Å². The molecule has 136 valence electrons. The summed E-state index contributed by atoms with van der Waals surface area (Å²) in [7, 11) is 0. The summed E-state index contributed by atoms with van der Waals surface area (Å²) in [6, 6.07) is 0.403. The normalized spacial score (nSPS) is 17.5. The first-order valence-electron chi connectivity index (χ1n) is 9.54. The molecular weight excluding hydrogens is 288 g/mol. The molecule has 1 unspecified atom stereocenters. The smallest absolute Gasteiger partial charge is 0.314 e. The van der Waals surface area contributed by atoms with Crippen LogP contribution < -0.4 is 10.6 Å². The van der Waals surface area contributed by atoms with E-state index in [-0.39, 0.29) is 6.03 Å². The summed E-state index contributed by atoms with van der Waals surface area (Å²) >= 11 is 0. The van der Waals surface area contributed by atoms with Gasteiger partial charge in [-0.3, -0.25) is 4.90 Å². The predicted molar refractivity (Wildman–Crippen MR) is 97.9 cm³/mol. The highest BCUT2D eigenvalue weighted by Gasteiger charge is 2.18. The summed E-state index contributed by atoms with van der Waals surface area (Å²) in [6.07, 6.45) is 5.07. The maximum absolute atomic E-state index is 12.0. The first-order valence-corrected chi connectivity index (χ1v) is 9.54. The SMILES string of the molecule is CCN(CC)C(CNC(=O)NCCN1CCCCC1)CC(C)C. The molecule has 2 amide bonds. The minimum absolute atomic E-state index is 0.0251. The lowest BCUT2D eigenvalue weighted by Crippen LogP contribution is -2.48. The number of piperidine rings is 1. The van der Waals surface area contributed by atoms with E-state index in [0.717, 1.165) is 39.1 Å². The number of urea groups is 1. The number of rotatable bonds is 10. The Labute approximate surface area is 143 Å². The number of nitrogens with zero attached hydrogens (tertiary/aromatic N) is 2. The molecule has 2 N–H and O–H groups in total. The van der Waals surface area contributed by atoms with Crippen LogP contribution in [0.3, 0.4) is 0 Å². The Hall–Kier alpha value is -0.810. The topological polar surface area (TPSA) is 47.6 Å². The lowest BCUT2D eigenvalue weighted by atomic mass is 10.0. The summed E-state index contributed by atoms with van der Waals surface area (Å²) in [5.74, 6) is 0.643. The minimum atomic E-state index is -0.0251. The van der Waals surface area contributed by atoms with Crippen molar-refractivity contribution in [1.29, 1.82) is 0 Å². The second-order valence-electron chi connectivity index (χ2n) is 7.04. The first-order chi connectivity index (χ1) is 11.1. The summed E-state index contributed by atoms with van der Waals surface area (Å²) < 4.78 is 0. The minimum Gasteiger partial charge on any atom is -0.337 e. The van der Waals surface area contributed by atoms with Crippen molar-refractivity contribution in [1.82, 2.24) is 20.4 Å². The van der Waals surface area contributed by atoms with E-state index < -0.39 is 0 Å². The summed E-state index contributed by atoms with van der Waals surface area (Å²) in [4.78, 5) is 16.9. The summed E-state index contributed by atoms with van der Waals surface area (Å²) in [6.45, 7) is 15.7. The Bertz CT molecular complexity index is 312. The van der Waals surface area contributed by atoms with Gasteiger partial charge in [0.25, 0.3) is 0 Å². The molecule has 1 aliphatic heterocycles. The Morgan fingerprint density at radius 3 is 2.30 bits per heavy atom. The molecule has 0 aromatic heterocycles. The van der Waals surface area contributed by atoms with Crippen LogP contribution in [0.15, 0.2) is 0 Å². The number of amides is 2. The monoisotopic (exact) mass is 326 g/mol. The van der Waals surface area contributed by atoms with Crippen molar-refractivity contribution in [3.05, 3.63) is 0 Å². The van der Waals surface area contributed by atoms with E-state index in [1.54, 1.807) is 0 Å². The predicted octanol–water partition coefficient (Wildman–Crippen LogP) is 2.53. The molecule has 5 nitrogen and oxygen atoms in total. The fourth-order valence-electron chi connectivity index (χ4n) is 3.43. The highest BCUT2D eigenvalue weighted by Crippen LogP contribution is 2.11. The molecule has 1 saturated heterocycles. The molecule has 5 heteroatoms. The fraction of sp³-hybridized carbons (Fsp3) is 0.944. The zero-order valence-corrected chi connectivity index (χ0v) is 15.7. The summed E-state index contributed by atoms with van der Waals surface area (Å²) in [5, 5.41) is 6.07. The van der Waals surface area contributed by atoms with Gasteiger partial charge in [-0.15, -0.1) is 0 Å². The Kier molecular flexibility index (Phi) is 10.3. The van der Waals surface area contributed by atoms with Crippen molar-refractivity contribution >= 4 is 6.03 Å². The molecule has 0 aliphatic carbocycles. The van der Waals surface area contributed by atoms with Crippen molar-refractivity contribution in [2.75, 3.05) is 45.8 Å². The van der Waals surface area contributed by atoms with E-state index in [4.69, 9.17) is 0 Å². The van der Waals surface area contributed by atoms with Crippen LogP contribution in [0.4, 0.5) is 4.79 Å². The molecule has 0 radical (unpaired) electrons. The van der Waals surface area contributed by atoms with Gasteiger partial charge in [-0.2, -0.15) is 0 Å².